The molecule has 162 valence electrons. The summed E-state index contributed by atoms with van der Waals surface area (Å²) in [6.07, 6.45) is 0. The molecule has 7 nitrogen and oxygen atoms in total. The second-order valence-corrected chi connectivity index (χ2v) is 9.81. The molecule has 1 N–H and O–H groups in total. The summed E-state index contributed by atoms with van der Waals surface area (Å²) >= 11 is 4.62. The Kier molecular flexibility index (Phi) is 6.06. The predicted octanol–water partition coefficient (Wildman–Crippen LogP) is 5.14. The first-order chi connectivity index (χ1) is 15.7. The maximum Gasteiger partial charge on any atom is 0.234 e. The fourth-order valence-electron chi connectivity index (χ4n) is 3.12. The van der Waals surface area contributed by atoms with Gasteiger partial charge < -0.3 is 14.8 Å². The van der Waals surface area contributed by atoms with Crippen LogP contribution in [0.5, 0.6) is 11.5 Å². The van der Waals surface area contributed by atoms with Gasteiger partial charge in [0.1, 0.15) is 28.9 Å². The summed E-state index contributed by atoms with van der Waals surface area (Å²) in [4.78, 5) is 19.2. The fraction of sp³-hybridized carbons (Fsp3) is 0.182. The van der Waals surface area contributed by atoms with E-state index in [0.717, 1.165) is 26.1 Å². The molecule has 32 heavy (non-hydrogen) atoms. The maximum atomic E-state index is 12.3. The van der Waals surface area contributed by atoms with Crippen molar-refractivity contribution >= 4 is 46.0 Å². The van der Waals surface area contributed by atoms with E-state index in [4.69, 9.17) is 9.47 Å². The lowest BCUT2D eigenvalue weighted by Crippen LogP contribution is -2.17. The number of aromatic nitrogens is 3. The van der Waals surface area contributed by atoms with Gasteiger partial charge in [-0.25, -0.2) is 4.98 Å². The molecular weight excluding hydrogens is 464 g/mol. The maximum absolute atomic E-state index is 12.3. The number of anilines is 1. The fourth-order valence-corrected chi connectivity index (χ4v) is 5.56. The molecule has 0 saturated heterocycles. The van der Waals surface area contributed by atoms with E-state index in [0.29, 0.717) is 35.4 Å². The third kappa shape index (κ3) is 4.62. The molecule has 1 aromatic carbocycles. The minimum absolute atomic E-state index is 0.128. The van der Waals surface area contributed by atoms with Crippen molar-refractivity contribution in [1.82, 2.24) is 15.2 Å². The van der Waals surface area contributed by atoms with Crippen molar-refractivity contribution in [2.45, 2.75) is 11.9 Å². The zero-order valence-corrected chi connectivity index (χ0v) is 19.5. The van der Waals surface area contributed by atoms with Gasteiger partial charge in [-0.3, -0.25) is 4.79 Å². The summed E-state index contributed by atoms with van der Waals surface area (Å²) in [6, 6.07) is 13.3. The van der Waals surface area contributed by atoms with Crippen molar-refractivity contribution in [1.29, 1.82) is 0 Å². The van der Waals surface area contributed by atoms with E-state index in [2.05, 4.69) is 26.6 Å². The van der Waals surface area contributed by atoms with E-state index in [1.807, 2.05) is 30.5 Å². The first-order valence-electron chi connectivity index (χ1n) is 9.83. The van der Waals surface area contributed by atoms with Crippen molar-refractivity contribution in [2.24, 2.45) is 0 Å². The summed E-state index contributed by atoms with van der Waals surface area (Å²) in [7, 11) is 0. The number of thiophene rings is 1. The van der Waals surface area contributed by atoms with E-state index >= 15 is 0 Å². The number of nitrogens with zero attached hydrogens (tertiary/aromatic N) is 3. The third-order valence-corrected chi connectivity index (χ3v) is 7.72. The first-order valence-corrected chi connectivity index (χ1v) is 12.5. The number of ether oxygens (including phenoxy) is 2. The number of nitrogens with one attached hydrogen (secondary N) is 1. The molecule has 1 amide bonds. The predicted molar refractivity (Wildman–Crippen MR) is 128 cm³/mol. The molecule has 0 bridgehead atoms. The molecule has 1 aliphatic rings. The highest BCUT2D eigenvalue weighted by atomic mass is 32.2. The Morgan fingerprint density at radius 1 is 1.12 bits per heavy atom. The third-order valence-electron chi connectivity index (χ3n) is 4.58. The zero-order chi connectivity index (χ0) is 21.9. The molecule has 0 saturated carbocycles. The van der Waals surface area contributed by atoms with E-state index in [9.17, 15) is 4.79 Å². The topological polar surface area (TPSA) is 86.2 Å². The molecule has 0 unspecified atom stereocenters. The van der Waals surface area contributed by atoms with Crippen LogP contribution in [0, 0.1) is 6.92 Å². The number of thiazole rings is 1. The van der Waals surface area contributed by atoms with Gasteiger partial charge in [0.15, 0.2) is 11.5 Å². The van der Waals surface area contributed by atoms with Crippen LogP contribution in [-0.2, 0) is 4.79 Å². The average Bonchev–Trinajstić information content (AvgIpc) is 3.48. The number of fused-ring (bicyclic) bond motifs is 1. The van der Waals surface area contributed by atoms with Crippen LogP contribution in [0.4, 0.5) is 5.69 Å². The van der Waals surface area contributed by atoms with Crippen LogP contribution in [0.15, 0.2) is 52.9 Å². The minimum Gasteiger partial charge on any atom is -0.486 e. The van der Waals surface area contributed by atoms with Crippen molar-refractivity contribution in [3.8, 4) is 32.0 Å². The van der Waals surface area contributed by atoms with Gasteiger partial charge in [-0.2, -0.15) is 0 Å². The van der Waals surface area contributed by atoms with Gasteiger partial charge in [0.05, 0.1) is 21.2 Å². The highest BCUT2D eigenvalue weighted by Crippen LogP contribution is 2.36. The Balaban J connectivity index is 1.20. The second kappa shape index (κ2) is 9.27. The quantitative estimate of drug-likeness (QED) is 0.381. The molecule has 5 rings (SSSR count). The zero-order valence-electron chi connectivity index (χ0n) is 17.0. The van der Waals surface area contributed by atoms with Gasteiger partial charge in [-0.1, -0.05) is 17.8 Å². The summed E-state index contributed by atoms with van der Waals surface area (Å²) < 4.78 is 11.0. The van der Waals surface area contributed by atoms with Gasteiger partial charge in [0.25, 0.3) is 0 Å². The van der Waals surface area contributed by atoms with Crippen molar-refractivity contribution in [3.63, 3.8) is 0 Å². The van der Waals surface area contributed by atoms with Crippen LogP contribution in [-0.4, -0.2) is 40.1 Å². The highest BCUT2D eigenvalue weighted by Gasteiger charge is 2.15. The van der Waals surface area contributed by atoms with Crippen LogP contribution in [0.3, 0.4) is 0 Å². The summed E-state index contributed by atoms with van der Waals surface area (Å²) in [5, 5.41) is 15.2. The van der Waals surface area contributed by atoms with Gasteiger partial charge in [-0.15, -0.1) is 32.9 Å². The number of rotatable bonds is 6. The number of thioether (sulfide) groups is 1. The monoisotopic (exact) mass is 482 g/mol. The van der Waals surface area contributed by atoms with Crippen LogP contribution >= 0.6 is 34.4 Å². The van der Waals surface area contributed by atoms with Crippen molar-refractivity contribution < 1.29 is 14.3 Å². The molecular formula is C22H18N4O3S3. The normalized spacial score (nSPS) is 12.5. The SMILES string of the molecule is Cc1nc(-c2cccs2)sc1-c1ccc(SCC(=O)Nc2ccc3c(c2)OCCO3)nn1. The molecule has 0 atom stereocenters. The average molecular weight is 483 g/mol. The number of aryl methyl sites for hydroxylation is 1. The lowest BCUT2D eigenvalue weighted by atomic mass is 10.2. The second-order valence-electron chi connectivity index (χ2n) is 6.86. The van der Waals surface area contributed by atoms with Crippen LogP contribution in [0.1, 0.15) is 5.69 Å². The number of hydrogen-bond acceptors (Lipinski definition) is 9. The standard InChI is InChI=1S/C22H18N4O3S3/c1-13-21(32-22(23-13)18-3-2-10-30-18)15-5-7-20(26-25-15)31-12-19(27)24-14-4-6-16-17(11-14)29-9-8-28-16/h2-7,10-11H,8-9,12H2,1H3,(H,24,27). The minimum atomic E-state index is -0.128. The molecule has 0 radical (unpaired) electrons. The lowest BCUT2D eigenvalue weighted by Gasteiger charge is -2.18. The first kappa shape index (κ1) is 20.9. The van der Waals surface area contributed by atoms with Gasteiger partial charge in [-0.05, 0) is 42.6 Å². The number of benzene rings is 1. The Labute approximate surface area is 196 Å². The number of hydrogen-bond donors (Lipinski definition) is 1. The molecule has 10 heteroatoms. The van der Waals surface area contributed by atoms with Gasteiger partial charge in [0, 0.05) is 11.8 Å². The Bertz CT molecular complexity index is 1240. The largest absolute Gasteiger partial charge is 0.486 e. The molecule has 4 heterocycles. The number of amides is 1. The van der Waals surface area contributed by atoms with Crippen molar-refractivity contribution in [3.05, 3.63) is 53.5 Å². The van der Waals surface area contributed by atoms with Crippen molar-refractivity contribution in [2.75, 3.05) is 24.3 Å². The van der Waals surface area contributed by atoms with E-state index in [1.165, 1.54) is 11.8 Å². The Hall–Kier alpha value is -2.95. The molecule has 1 aliphatic heterocycles. The Morgan fingerprint density at radius 3 is 2.78 bits per heavy atom. The number of carbonyl (C=O) groups excluding carboxylic acids is 1. The van der Waals surface area contributed by atoms with Crippen LogP contribution in [0.2, 0.25) is 0 Å². The van der Waals surface area contributed by atoms with E-state index in [-0.39, 0.29) is 11.7 Å². The Morgan fingerprint density at radius 2 is 2.00 bits per heavy atom. The summed E-state index contributed by atoms with van der Waals surface area (Å²) in [5.41, 5.74) is 2.39. The summed E-state index contributed by atoms with van der Waals surface area (Å²) in [5.74, 6) is 1.43. The van der Waals surface area contributed by atoms with Crippen LogP contribution in [0.25, 0.3) is 20.5 Å². The highest BCUT2D eigenvalue weighted by molar-refractivity contribution is 7.99. The van der Waals surface area contributed by atoms with Gasteiger partial charge in [0.2, 0.25) is 5.91 Å². The van der Waals surface area contributed by atoms with Gasteiger partial charge >= 0.3 is 0 Å². The summed E-state index contributed by atoms with van der Waals surface area (Å²) in [6.45, 7) is 3.02. The van der Waals surface area contributed by atoms with E-state index in [1.54, 1.807) is 40.9 Å². The van der Waals surface area contributed by atoms with Crippen LogP contribution < -0.4 is 14.8 Å². The molecule has 4 aromatic rings. The lowest BCUT2D eigenvalue weighted by molar-refractivity contribution is -0.113. The molecule has 3 aromatic heterocycles. The smallest absolute Gasteiger partial charge is 0.234 e. The number of carbonyl (C=O) groups is 1. The molecule has 0 aliphatic carbocycles. The van der Waals surface area contributed by atoms with E-state index < -0.39 is 0 Å². The molecule has 0 fully saturated rings. The molecule has 0 spiro atoms.